The third-order valence-corrected chi connectivity index (χ3v) is 2.72. The average Bonchev–Trinajstić information content (AvgIpc) is 2.16. The van der Waals surface area contributed by atoms with E-state index in [0.717, 1.165) is 19.4 Å². The van der Waals surface area contributed by atoms with Gasteiger partial charge in [-0.15, -0.1) is 0 Å². The van der Waals surface area contributed by atoms with Crippen molar-refractivity contribution >= 4 is 11.9 Å². The van der Waals surface area contributed by atoms with E-state index in [-0.39, 0.29) is 18.2 Å². The van der Waals surface area contributed by atoms with Crippen molar-refractivity contribution in [1.29, 1.82) is 0 Å². The molecule has 1 amide bonds. The fourth-order valence-corrected chi connectivity index (χ4v) is 1.93. The van der Waals surface area contributed by atoms with Crippen molar-refractivity contribution in [1.82, 2.24) is 10.6 Å². The Kier molecular flexibility index (Phi) is 4.29. The van der Waals surface area contributed by atoms with E-state index in [9.17, 15) is 9.59 Å². The molecule has 0 radical (unpaired) electrons. The van der Waals surface area contributed by atoms with Gasteiger partial charge in [0.25, 0.3) is 0 Å². The molecule has 0 bridgehead atoms. The predicted molar refractivity (Wildman–Crippen MR) is 60.1 cm³/mol. The van der Waals surface area contributed by atoms with E-state index >= 15 is 0 Å². The highest BCUT2D eigenvalue weighted by Gasteiger charge is 2.28. The summed E-state index contributed by atoms with van der Waals surface area (Å²) >= 11 is 0. The SMILES string of the molecule is CC(C)(CC(=O)O)NC(=O)[C@H]1CCCNC1. The Bertz CT molecular complexity index is 270. The lowest BCUT2D eigenvalue weighted by atomic mass is 9.95. The van der Waals surface area contributed by atoms with Crippen LogP contribution in [0.3, 0.4) is 0 Å². The first kappa shape index (κ1) is 13.0. The number of aliphatic carboxylic acids is 1. The Hall–Kier alpha value is -1.10. The molecule has 1 fully saturated rings. The quantitative estimate of drug-likeness (QED) is 0.649. The number of amides is 1. The van der Waals surface area contributed by atoms with E-state index < -0.39 is 11.5 Å². The molecule has 1 aliphatic heterocycles. The summed E-state index contributed by atoms with van der Waals surface area (Å²) < 4.78 is 0. The number of carbonyl (C=O) groups is 2. The number of hydrogen-bond acceptors (Lipinski definition) is 3. The van der Waals surface area contributed by atoms with Crippen LogP contribution in [0.2, 0.25) is 0 Å². The van der Waals surface area contributed by atoms with Crippen LogP contribution in [-0.4, -0.2) is 35.6 Å². The second-order valence-electron chi connectivity index (χ2n) is 4.99. The second-order valence-corrected chi connectivity index (χ2v) is 4.99. The first-order valence-electron chi connectivity index (χ1n) is 5.65. The van der Waals surface area contributed by atoms with Crippen LogP contribution in [0.4, 0.5) is 0 Å². The largest absolute Gasteiger partial charge is 0.481 e. The third-order valence-electron chi connectivity index (χ3n) is 2.72. The molecule has 1 saturated heterocycles. The zero-order valence-corrected chi connectivity index (χ0v) is 9.88. The van der Waals surface area contributed by atoms with E-state index in [4.69, 9.17) is 5.11 Å². The lowest BCUT2D eigenvalue weighted by molar-refractivity contribution is -0.139. The van der Waals surface area contributed by atoms with Crippen molar-refractivity contribution in [2.45, 2.75) is 38.6 Å². The van der Waals surface area contributed by atoms with E-state index in [2.05, 4.69) is 10.6 Å². The fourth-order valence-electron chi connectivity index (χ4n) is 1.93. The molecule has 3 N–H and O–H groups in total. The zero-order valence-electron chi connectivity index (χ0n) is 9.88. The van der Waals surface area contributed by atoms with E-state index in [1.54, 1.807) is 13.8 Å². The fraction of sp³-hybridized carbons (Fsp3) is 0.818. The Balaban J connectivity index is 2.45. The monoisotopic (exact) mass is 228 g/mol. The number of nitrogens with one attached hydrogen (secondary N) is 2. The maximum Gasteiger partial charge on any atom is 0.305 e. The number of rotatable bonds is 4. The topological polar surface area (TPSA) is 78.4 Å². The molecule has 0 saturated carbocycles. The van der Waals surface area contributed by atoms with Crippen LogP contribution >= 0.6 is 0 Å². The zero-order chi connectivity index (χ0) is 12.2. The summed E-state index contributed by atoms with van der Waals surface area (Å²) in [6.45, 7) is 5.11. The van der Waals surface area contributed by atoms with Gasteiger partial charge in [0.15, 0.2) is 0 Å². The van der Waals surface area contributed by atoms with Crippen molar-refractivity contribution in [2.75, 3.05) is 13.1 Å². The number of piperidine rings is 1. The van der Waals surface area contributed by atoms with Gasteiger partial charge in [-0.2, -0.15) is 0 Å². The van der Waals surface area contributed by atoms with Gasteiger partial charge in [-0.1, -0.05) is 0 Å². The third kappa shape index (κ3) is 4.18. The Morgan fingerprint density at radius 2 is 2.19 bits per heavy atom. The van der Waals surface area contributed by atoms with Gasteiger partial charge < -0.3 is 15.7 Å². The van der Waals surface area contributed by atoms with Crippen molar-refractivity contribution in [3.05, 3.63) is 0 Å². The van der Waals surface area contributed by atoms with Crippen LogP contribution in [0, 0.1) is 5.92 Å². The summed E-state index contributed by atoms with van der Waals surface area (Å²) in [7, 11) is 0. The lowest BCUT2D eigenvalue weighted by Gasteiger charge is -2.29. The number of hydrogen-bond donors (Lipinski definition) is 3. The molecule has 0 spiro atoms. The minimum absolute atomic E-state index is 0.0261. The van der Waals surface area contributed by atoms with Gasteiger partial charge in [0.2, 0.25) is 5.91 Å². The van der Waals surface area contributed by atoms with Crippen molar-refractivity contribution in [2.24, 2.45) is 5.92 Å². The highest BCUT2D eigenvalue weighted by molar-refractivity contribution is 5.80. The minimum atomic E-state index is -0.896. The predicted octanol–water partition coefficient (Wildman–Crippen LogP) is 0.356. The lowest BCUT2D eigenvalue weighted by Crippen LogP contribution is -2.50. The summed E-state index contributed by atoms with van der Waals surface area (Å²) in [5.74, 6) is -0.965. The summed E-state index contributed by atoms with van der Waals surface area (Å²) in [5.41, 5.74) is -0.680. The van der Waals surface area contributed by atoms with Gasteiger partial charge in [0.05, 0.1) is 12.3 Å². The summed E-state index contributed by atoms with van der Waals surface area (Å²) in [6.07, 6.45) is 1.82. The van der Waals surface area contributed by atoms with Gasteiger partial charge >= 0.3 is 5.97 Å². The van der Waals surface area contributed by atoms with Gasteiger partial charge in [0, 0.05) is 12.1 Å². The molecule has 1 rings (SSSR count). The van der Waals surface area contributed by atoms with Crippen LogP contribution in [-0.2, 0) is 9.59 Å². The Morgan fingerprint density at radius 1 is 1.50 bits per heavy atom. The first-order valence-corrected chi connectivity index (χ1v) is 5.65. The van der Waals surface area contributed by atoms with Crippen molar-refractivity contribution in [3.8, 4) is 0 Å². The summed E-state index contributed by atoms with van der Waals surface area (Å²) in [6, 6.07) is 0. The minimum Gasteiger partial charge on any atom is -0.481 e. The summed E-state index contributed by atoms with van der Waals surface area (Å²) in [4.78, 5) is 22.5. The highest BCUT2D eigenvalue weighted by Crippen LogP contribution is 2.14. The molecule has 16 heavy (non-hydrogen) atoms. The van der Waals surface area contributed by atoms with E-state index in [0.29, 0.717) is 6.54 Å². The van der Waals surface area contributed by atoms with Gasteiger partial charge in [-0.25, -0.2) is 0 Å². The maximum atomic E-state index is 11.9. The van der Waals surface area contributed by atoms with Crippen LogP contribution in [0.25, 0.3) is 0 Å². The molecule has 0 aromatic rings. The normalized spacial score (nSPS) is 21.5. The smallest absolute Gasteiger partial charge is 0.305 e. The molecule has 1 aliphatic rings. The molecular formula is C11H20N2O3. The standard InChI is InChI=1S/C11H20N2O3/c1-11(2,6-9(14)15)13-10(16)8-4-3-5-12-7-8/h8,12H,3-7H2,1-2H3,(H,13,16)(H,14,15)/t8-/m0/s1. The Morgan fingerprint density at radius 3 is 2.69 bits per heavy atom. The molecule has 1 heterocycles. The second kappa shape index (κ2) is 5.30. The van der Waals surface area contributed by atoms with Crippen LogP contribution < -0.4 is 10.6 Å². The molecule has 92 valence electrons. The van der Waals surface area contributed by atoms with Gasteiger partial charge in [-0.05, 0) is 33.2 Å². The number of carboxylic acids is 1. The van der Waals surface area contributed by atoms with E-state index in [1.807, 2.05) is 0 Å². The molecule has 0 aliphatic carbocycles. The average molecular weight is 228 g/mol. The summed E-state index contributed by atoms with van der Waals surface area (Å²) in [5, 5.41) is 14.7. The Labute approximate surface area is 95.6 Å². The molecule has 5 heteroatoms. The van der Waals surface area contributed by atoms with Crippen LogP contribution in [0.5, 0.6) is 0 Å². The number of carboxylic acid groups (broad SMARTS) is 1. The number of carbonyl (C=O) groups excluding carboxylic acids is 1. The van der Waals surface area contributed by atoms with Crippen LogP contribution in [0.1, 0.15) is 33.1 Å². The molecule has 5 nitrogen and oxygen atoms in total. The maximum absolute atomic E-state index is 11.9. The first-order chi connectivity index (χ1) is 7.41. The van der Waals surface area contributed by atoms with Gasteiger partial charge in [-0.3, -0.25) is 9.59 Å². The van der Waals surface area contributed by atoms with Crippen molar-refractivity contribution < 1.29 is 14.7 Å². The van der Waals surface area contributed by atoms with Gasteiger partial charge in [0.1, 0.15) is 0 Å². The molecule has 0 aromatic heterocycles. The van der Waals surface area contributed by atoms with Crippen LogP contribution in [0.15, 0.2) is 0 Å². The molecule has 1 atom stereocenters. The van der Waals surface area contributed by atoms with E-state index in [1.165, 1.54) is 0 Å². The molecular weight excluding hydrogens is 208 g/mol. The molecule has 0 unspecified atom stereocenters. The van der Waals surface area contributed by atoms with Crippen molar-refractivity contribution in [3.63, 3.8) is 0 Å². The molecule has 0 aromatic carbocycles. The highest BCUT2D eigenvalue weighted by atomic mass is 16.4.